The van der Waals surface area contributed by atoms with Crippen molar-refractivity contribution >= 4 is 11.8 Å². The van der Waals surface area contributed by atoms with E-state index in [-0.39, 0.29) is 18.4 Å². The molecule has 0 saturated heterocycles. The first kappa shape index (κ1) is 19.7. The molecule has 0 saturated carbocycles. The van der Waals surface area contributed by atoms with Gasteiger partial charge in [0, 0.05) is 17.6 Å². The van der Waals surface area contributed by atoms with Crippen molar-refractivity contribution in [3.63, 3.8) is 0 Å². The van der Waals surface area contributed by atoms with E-state index in [1.54, 1.807) is 23.1 Å². The molecule has 0 bridgehead atoms. The van der Waals surface area contributed by atoms with E-state index in [1.165, 1.54) is 7.11 Å². The number of carbonyl (C=O) groups excluding carboxylic acids is 2. The Bertz CT molecular complexity index is 859. The van der Waals surface area contributed by atoms with Gasteiger partial charge in [0.05, 0.1) is 7.11 Å². The minimum Gasteiger partial charge on any atom is -0.493 e. The van der Waals surface area contributed by atoms with Crippen LogP contribution in [0.1, 0.15) is 37.9 Å². The predicted octanol–water partition coefficient (Wildman–Crippen LogP) is 3.07. The molecule has 0 aromatic heterocycles. The van der Waals surface area contributed by atoms with Gasteiger partial charge in [0.15, 0.2) is 18.1 Å². The fourth-order valence-corrected chi connectivity index (χ4v) is 3.27. The van der Waals surface area contributed by atoms with E-state index in [0.29, 0.717) is 23.6 Å². The Morgan fingerprint density at radius 1 is 1.18 bits per heavy atom. The molecule has 6 heteroatoms. The van der Waals surface area contributed by atoms with Crippen molar-refractivity contribution in [1.29, 1.82) is 0 Å². The summed E-state index contributed by atoms with van der Waals surface area (Å²) in [6.07, 6.45) is 0. The summed E-state index contributed by atoms with van der Waals surface area (Å²) in [6, 6.07) is 14.2. The van der Waals surface area contributed by atoms with E-state index in [4.69, 9.17) is 9.47 Å². The van der Waals surface area contributed by atoms with Crippen molar-refractivity contribution < 1.29 is 19.1 Å². The van der Waals surface area contributed by atoms with Gasteiger partial charge in [0.1, 0.15) is 6.04 Å². The Morgan fingerprint density at radius 2 is 1.89 bits per heavy atom. The first-order valence-electron chi connectivity index (χ1n) is 9.25. The molecule has 1 aliphatic rings. The number of amides is 2. The van der Waals surface area contributed by atoms with Crippen molar-refractivity contribution in [2.24, 2.45) is 0 Å². The lowest BCUT2D eigenvalue weighted by Crippen LogP contribution is -2.49. The highest BCUT2D eigenvalue weighted by molar-refractivity contribution is 5.91. The SMILES string of the molecule is COc1cccc2c1OCC(=O)N(Cc1ccccc1)C2C(=O)NC(C)(C)C. The molecule has 1 aliphatic heterocycles. The quantitative estimate of drug-likeness (QED) is 0.882. The first-order chi connectivity index (χ1) is 13.3. The molecular weight excluding hydrogens is 356 g/mol. The van der Waals surface area contributed by atoms with Gasteiger partial charge in [-0.05, 0) is 32.4 Å². The van der Waals surface area contributed by atoms with Gasteiger partial charge in [-0.2, -0.15) is 0 Å². The van der Waals surface area contributed by atoms with Gasteiger partial charge in [0.25, 0.3) is 5.91 Å². The summed E-state index contributed by atoms with van der Waals surface area (Å²) in [5.41, 5.74) is 1.11. The standard InChI is InChI=1S/C22H26N2O4/c1-22(2,3)23-21(26)19-16-11-8-12-17(27-4)20(16)28-14-18(25)24(19)13-15-9-6-5-7-10-15/h5-12,19H,13-14H2,1-4H3,(H,23,26). The van der Waals surface area contributed by atoms with Crippen molar-refractivity contribution in [3.8, 4) is 11.5 Å². The molecule has 0 fully saturated rings. The highest BCUT2D eigenvalue weighted by atomic mass is 16.5. The van der Waals surface area contributed by atoms with Gasteiger partial charge in [-0.25, -0.2) is 0 Å². The van der Waals surface area contributed by atoms with E-state index >= 15 is 0 Å². The molecule has 6 nitrogen and oxygen atoms in total. The fraction of sp³-hybridized carbons (Fsp3) is 0.364. The maximum Gasteiger partial charge on any atom is 0.261 e. The second-order valence-electron chi connectivity index (χ2n) is 7.82. The summed E-state index contributed by atoms with van der Waals surface area (Å²) in [5.74, 6) is 0.427. The topological polar surface area (TPSA) is 67.9 Å². The second kappa shape index (κ2) is 7.92. The zero-order chi connectivity index (χ0) is 20.3. The molecular formula is C22H26N2O4. The van der Waals surface area contributed by atoms with Crippen LogP contribution in [-0.4, -0.2) is 36.0 Å². The zero-order valence-electron chi connectivity index (χ0n) is 16.7. The number of fused-ring (bicyclic) bond motifs is 1. The predicted molar refractivity (Wildman–Crippen MR) is 106 cm³/mol. The Labute approximate surface area is 165 Å². The molecule has 3 rings (SSSR count). The van der Waals surface area contributed by atoms with Crippen LogP contribution in [0.3, 0.4) is 0 Å². The summed E-state index contributed by atoms with van der Waals surface area (Å²) >= 11 is 0. The van der Waals surface area contributed by atoms with E-state index in [0.717, 1.165) is 5.56 Å². The smallest absolute Gasteiger partial charge is 0.261 e. The Kier molecular flexibility index (Phi) is 5.58. The maximum atomic E-state index is 13.3. The van der Waals surface area contributed by atoms with Gasteiger partial charge in [0.2, 0.25) is 5.91 Å². The van der Waals surface area contributed by atoms with Crippen LogP contribution in [-0.2, 0) is 16.1 Å². The average molecular weight is 382 g/mol. The molecule has 2 amide bonds. The Hall–Kier alpha value is -3.02. The molecule has 148 valence electrons. The van der Waals surface area contributed by atoms with Gasteiger partial charge in [-0.15, -0.1) is 0 Å². The first-order valence-corrected chi connectivity index (χ1v) is 9.25. The van der Waals surface area contributed by atoms with Gasteiger partial charge in [-0.1, -0.05) is 42.5 Å². The normalized spacial score (nSPS) is 16.6. The zero-order valence-corrected chi connectivity index (χ0v) is 16.7. The third-order valence-electron chi connectivity index (χ3n) is 4.44. The molecule has 0 aliphatic carbocycles. The number of hydrogen-bond acceptors (Lipinski definition) is 4. The summed E-state index contributed by atoms with van der Waals surface area (Å²) in [6.45, 7) is 5.89. The summed E-state index contributed by atoms with van der Waals surface area (Å²) < 4.78 is 11.2. The molecule has 0 spiro atoms. The highest BCUT2D eigenvalue weighted by Crippen LogP contribution is 2.40. The van der Waals surface area contributed by atoms with Crippen LogP contribution in [0.15, 0.2) is 48.5 Å². The van der Waals surface area contributed by atoms with Crippen LogP contribution in [0.5, 0.6) is 11.5 Å². The largest absolute Gasteiger partial charge is 0.493 e. The second-order valence-corrected chi connectivity index (χ2v) is 7.82. The highest BCUT2D eigenvalue weighted by Gasteiger charge is 2.38. The molecule has 1 unspecified atom stereocenters. The molecule has 2 aromatic carbocycles. The number of rotatable bonds is 4. The van der Waals surface area contributed by atoms with Crippen molar-refractivity contribution in [2.75, 3.05) is 13.7 Å². The summed E-state index contributed by atoms with van der Waals surface area (Å²) in [7, 11) is 1.54. The molecule has 0 radical (unpaired) electrons. The number of benzene rings is 2. The monoisotopic (exact) mass is 382 g/mol. The molecule has 1 N–H and O–H groups in total. The number of hydrogen-bond donors (Lipinski definition) is 1. The number of methoxy groups -OCH3 is 1. The summed E-state index contributed by atoms with van der Waals surface area (Å²) in [4.78, 5) is 27.8. The lowest BCUT2D eigenvalue weighted by molar-refractivity contribution is -0.142. The van der Waals surface area contributed by atoms with Crippen LogP contribution in [0, 0.1) is 0 Å². The number of para-hydroxylation sites is 1. The minimum absolute atomic E-state index is 0.153. The fourth-order valence-electron chi connectivity index (χ4n) is 3.27. The van der Waals surface area contributed by atoms with Gasteiger partial charge >= 0.3 is 0 Å². The van der Waals surface area contributed by atoms with Crippen LogP contribution < -0.4 is 14.8 Å². The molecule has 1 heterocycles. The van der Waals surface area contributed by atoms with E-state index in [2.05, 4.69) is 5.32 Å². The maximum absolute atomic E-state index is 13.3. The lowest BCUT2D eigenvalue weighted by Gasteiger charge is -2.32. The molecule has 28 heavy (non-hydrogen) atoms. The Balaban J connectivity index is 2.09. The van der Waals surface area contributed by atoms with E-state index in [9.17, 15) is 9.59 Å². The Morgan fingerprint density at radius 3 is 2.54 bits per heavy atom. The average Bonchev–Trinajstić information content (AvgIpc) is 2.78. The molecule has 2 aromatic rings. The van der Waals surface area contributed by atoms with Gasteiger partial charge < -0.3 is 19.7 Å². The number of nitrogens with one attached hydrogen (secondary N) is 1. The van der Waals surface area contributed by atoms with Crippen molar-refractivity contribution in [2.45, 2.75) is 38.9 Å². The molecule has 1 atom stereocenters. The van der Waals surface area contributed by atoms with Crippen LogP contribution in [0.4, 0.5) is 0 Å². The minimum atomic E-state index is -0.820. The van der Waals surface area contributed by atoms with Crippen molar-refractivity contribution in [1.82, 2.24) is 10.2 Å². The van der Waals surface area contributed by atoms with E-state index in [1.807, 2.05) is 51.1 Å². The van der Waals surface area contributed by atoms with E-state index < -0.39 is 11.6 Å². The van der Waals surface area contributed by atoms with Crippen LogP contribution in [0.25, 0.3) is 0 Å². The van der Waals surface area contributed by atoms with Crippen molar-refractivity contribution in [3.05, 3.63) is 59.7 Å². The third kappa shape index (κ3) is 4.27. The lowest BCUT2D eigenvalue weighted by atomic mass is 10.00. The number of nitrogens with zero attached hydrogens (tertiary/aromatic N) is 1. The van der Waals surface area contributed by atoms with Crippen LogP contribution in [0.2, 0.25) is 0 Å². The third-order valence-corrected chi connectivity index (χ3v) is 4.44. The number of ether oxygens (including phenoxy) is 2. The summed E-state index contributed by atoms with van der Waals surface area (Å²) in [5, 5.41) is 3.00. The van der Waals surface area contributed by atoms with Crippen LogP contribution >= 0.6 is 0 Å². The number of carbonyl (C=O) groups is 2. The van der Waals surface area contributed by atoms with Gasteiger partial charge in [-0.3, -0.25) is 9.59 Å².